The summed E-state index contributed by atoms with van der Waals surface area (Å²) in [6.45, 7) is 0.680. The predicted octanol–water partition coefficient (Wildman–Crippen LogP) is 4.28. The van der Waals surface area contributed by atoms with Crippen molar-refractivity contribution in [3.63, 3.8) is 0 Å². The first-order valence-corrected chi connectivity index (χ1v) is 10.7. The number of fused-ring (bicyclic) bond motifs is 3. The Morgan fingerprint density at radius 1 is 1.06 bits per heavy atom. The van der Waals surface area contributed by atoms with E-state index in [1.54, 1.807) is 35.4 Å². The van der Waals surface area contributed by atoms with E-state index in [2.05, 4.69) is 10.3 Å². The molecule has 5 rings (SSSR count). The largest absolute Gasteiger partial charge is 0.326 e. The SMILES string of the molecule is O=C(CC1Cn2c(nc3ccccc32)N(Cc2ccccn2)C1=O)Nc1ccc(Cl)cc1. The first-order valence-electron chi connectivity index (χ1n) is 10.3. The molecule has 0 aliphatic carbocycles. The second-order valence-electron chi connectivity index (χ2n) is 7.71. The molecule has 2 aromatic carbocycles. The number of pyridine rings is 1. The predicted molar refractivity (Wildman–Crippen MR) is 123 cm³/mol. The van der Waals surface area contributed by atoms with E-state index in [9.17, 15) is 9.59 Å². The third-order valence-corrected chi connectivity index (χ3v) is 5.75. The molecule has 0 bridgehead atoms. The molecule has 0 radical (unpaired) electrons. The smallest absolute Gasteiger partial charge is 0.235 e. The standard InChI is InChI=1S/C24H20ClN5O2/c25-17-8-10-18(11-9-17)27-22(31)13-16-14-29-21-7-2-1-6-20(21)28-24(29)30(23(16)32)15-19-5-3-4-12-26-19/h1-12,16H,13-15H2,(H,27,31). The molecule has 4 aromatic rings. The maximum Gasteiger partial charge on any atom is 0.235 e. The molecule has 7 nitrogen and oxygen atoms in total. The van der Waals surface area contributed by atoms with Crippen molar-refractivity contribution >= 4 is 46.1 Å². The number of nitrogens with zero attached hydrogens (tertiary/aromatic N) is 4. The van der Waals surface area contributed by atoms with Gasteiger partial charge in [-0.1, -0.05) is 29.8 Å². The van der Waals surface area contributed by atoms with Gasteiger partial charge in [-0.05, 0) is 48.5 Å². The monoisotopic (exact) mass is 445 g/mol. The Morgan fingerprint density at radius 3 is 2.62 bits per heavy atom. The van der Waals surface area contributed by atoms with Gasteiger partial charge in [0.1, 0.15) is 0 Å². The van der Waals surface area contributed by atoms with Crippen LogP contribution in [-0.2, 0) is 22.7 Å². The molecule has 2 amide bonds. The molecule has 1 N–H and O–H groups in total. The molecule has 2 aromatic heterocycles. The number of hydrogen-bond donors (Lipinski definition) is 1. The van der Waals surface area contributed by atoms with E-state index in [0.29, 0.717) is 23.2 Å². The van der Waals surface area contributed by atoms with Crippen molar-refractivity contribution in [1.29, 1.82) is 0 Å². The number of halogens is 1. The molecule has 1 aliphatic heterocycles. The van der Waals surface area contributed by atoms with Crippen LogP contribution in [0.4, 0.5) is 11.6 Å². The number of hydrogen-bond acceptors (Lipinski definition) is 4. The second kappa shape index (κ2) is 8.43. The van der Waals surface area contributed by atoms with E-state index in [0.717, 1.165) is 16.7 Å². The number of imidazole rings is 1. The summed E-state index contributed by atoms with van der Waals surface area (Å²) < 4.78 is 2.01. The maximum atomic E-state index is 13.4. The van der Waals surface area contributed by atoms with E-state index in [1.807, 2.05) is 47.0 Å². The highest BCUT2D eigenvalue weighted by atomic mass is 35.5. The minimum Gasteiger partial charge on any atom is -0.326 e. The first-order chi connectivity index (χ1) is 15.6. The number of carbonyl (C=O) groups is 2. The lowest BCUT2D eigenvalue weighted by Crippen LogP contribution is -2.44. The summed E-state index contributed by atoms with van der Waals surface area (Å²) in [7, 11) is 0. The average molecular weight is 446 g/mol. The van der Waals surface area contributed by atoms with Crippen LogP contribution in [0.15, 0.2) is 72.9 Å². The minimum atomic E-state index is -0.517. The third kappa shape index (κ3) is 3.94. The number of rotatable bonds is 5. The third-order valence-electron chi connectivity index (χ3n) is 5.50. The van der Waals surface area contributed by atoms with Gasteiger partial charge in [0, 0.05) is 29.9 Å². The average Bonchev–Trinajstić information content (AvgIpc) is 3.17. The molecule has 0 saturated carbocycles. The topological polar surface area (TPSA) is 80.1 Å². The summed E-state index contributed by atoms with van der Waals surface area (Å²) in [5.74, 6) is -0.298. The van der Waals surface area contributed by atoms with Crippen molar-refractivity contribution in [3.8, 4) is 0 Å². The quantitative estimate of drug-likeness (QED) is 0.497. The van der Waals surface area contributed by atoms with E-state index < -0.39 is 5.92 Å². The van der Waals surface area contributed by atoms with Crippen LogP contribution >= 0.6 is 11.6 Å². The Hall–Kier alpha value is -3.71. The van der Waals surface area contributed by atoms with Crippen LogP contribution in [0.3, 0.4) is 0 Å². The molecular formula is C24H20ClN5O2. The van der Waals surface area contributed by atoms with Gasteiger partial charge in [0.05, 0.1) is 29.2 Å². The Labute approximate surface area is 189 Å². The molecule has 160 valence electrons. The summed E-state index contributed by atoms with van der Waals surface area (Å²) in [6, 6.07) is 20.2. The fourth-order valence-corrected chi connectivity index (χ4v) is 4.12. The normalized spacial score (nSPS) is 15.6. The molecule has 1 atom stereocenters. The number of aromatic nitrogens is 3. The zero-order chi connectivity index (χ0) is 22.1. The molecule has 3 heterocycles. The van der Waals surface area contributed by atoms with Crippen molar-refractivity contribution in [2.24, 2.45) is 5.92 Å². The van der Waals surface area contributed by atoms with Crippen LogP contribution in [0, 0.1) is 5.92 Å². The van der Waals surface area contributed by atoms with Crippen molar-refractivity contribution in [2.45, 2.75) is 19.5 Å². The number of amides is 2. The van der Waals surface area contributed by atoms with Gasteiger partial charge in [-0.25, -0.2) is 4.98 Å². The van der Waals surface area contributed by atoms with Gasteiger partial charge < -0.3 is 9.88 Å². The molecule has 0 fully saturated rings. The van der Waals surface area contributed by atoms with Crippen LogP contribution in [-0.4, -0.2) is 26.3 Å². The Bertz CT molecular complexity index is 1290. The summed E-state index contributed by atoms with van der Waals surface area (Å²) in [5, 5.41) is 3.44. The lowest BCUT2D eigenvalue weighted by Gasteiger charge is -2.32. The summed E-state index contributed by atoms with van der Waals surface area (Å²) in [5.41, 5.74) is 3.14. The Balaban J connectivity index is 1.44. The van der Waals surface area contributed by atoms with E-state index >= 15 is 0 Å². The Kier molecular flexibility index (Phi) is 5.33. The van der Waals surface area contributed by atoms with Crippen LogP contribution in [0.1, 0.15) is 12.1 Å². The van der Waals surface area contributed by atoms with Gasteiger partial charge in [0.2, 0.25) is 17.8 Å². The summed E-state index contributed by atoms with van der Waals surface area (Å²) >= 11 is 5.91. The van der Waals surface area contributed by atoms with Gasteiger partial charge in [-0.3, -0.25) is 19.5 Å². The highest BCUT2D eigenvalue weighted by Crippen LogP contribution is 2.32. The lowest BCUT2D eigenvalue weighted by atomic mass is 10.0. The van der Waals surface area contributed by atoms with E-state index in [4.69, 9.17) is 16.6 Å². The van der Waals surface area contributed by atoms with Gasteiger partial charge in [0.15, 0.2) is 0 Å². The van der Waals surface area contributed by atoms with Crippen LogP contribution < -0.4 is 10.2 Å². The van der Waals surface area contributed by atoms with Crippen LogP contribution in [0.5, 0.6) is 0 Å². The molecular weight excluding hydrogens is 426 g/mol. The molecule has 0 saturated heterocycles. The number of carbonyl (C=O) groups excluding carboxylic acids is 2. The van der Waals surface area contributed by atoms with Gasteiger partial charge in [0.25, 0.3) is 0 Å². The highest BCUT2D eigenvalue weighted by Gasteiger charge is 2.36. The molecule has 1 unspecified atom stereocenters. The number of para-hydroxylation sites is 2. The zero-order valence-corrected chi connectivity index (χ0v) is 17.9. The van der Waals surface area contributed by atoms with Crippen LogP contribution in [0.25, 0.3) is 11.0 Å². The zero-order valence-electron chi connectivity index (χ0n) is 17.1. The first kappa shape index (κ1) is 20.2. The number of nitrogens with one attached hydrogen (secondary N) is 1. The summed E-state index contributed by atoms with van der Waals surface area (Å²) in [4.78, 5) is 36.9. The van der Waals surface area contributed by atoms with Gasteiger partial charge >= 0.3 is 0 Å². The fraction of sp³-hybridized carbons (Fsp3) is 0.167. The molecule has 32 heavy (non-hydrogen) atoms. The fourth-order valence-electron chi connectivity index (χ4n) is 3.99. The van der Waals surface area contributed by atoms with Crippen molar-refractivity contribution in [3.05, 3.63) is 83.6 Å². The van der Waals surface area contributed by atoms with E-state index in [-0.39, 0.29) is 24.8 Å². The van der Waals surface area contributed by atoms with E-state index in [1.165, 1.54) is 0 Å². The number of benzene rings is 2. The Morgan fingerprint density at radius 2 is 1.84 bits per heavy atom. The highest BCUT2D eigenvalue weighted by molar-refractivity contribution is 6.30. The molecule has 1 aliphatic rings. The lowest BCUT2D eigenvalue weighted by molar-refractivity contribution is -0.127. The maximum absolute atomic E-state index is 13.4. The van der Waals surface area contributed by atoms with Crippen molar-refractivity contribution < 1.29 is 9.59 Å². The second-order valence-corrected chi connectivity index (χ2v) is 8.15. The van der Waals surface area contributed by atoms with Gasteiger partial charge in [-0.15, -0.1) is 0 Å². The number of anilines is 2. The van der Waals surface area contributed by atoms with Gasteiger partial charge in [-0.2, -0.15) is 0 Å². The molecule has 0 spiro atoms. The minimum absolute atomic E-state index is 0.0616. The van der Waals surface area contributed by atoms with Crippen molar-refractivity contribution in [2.75, 3.05) is 10.2 Å². The van der Waals surface area contributed by atoms with Crippen LogP contribution in [0.2, 0.25) is 5.02 Å². The summed E-state index contributed by atoms with van der Waals surface area (Å²) in [6.07, 6.45) is 1.76. The van der Waals surface area contributed by atoms with Crippen molar-refractivity contribution in [1.82, 2.24) is 14.5 Å². The molecule has 8 heteroatoms.